The fourth-order valence-electron chi connectivity index (χ4n) is 3.05. The highest BCUT2D eigenvalue weighted by Gasteiger charge is 2.18. The van der Waals surface area contributed by atoms with Gasteiger partial charge in [-0.15, -0.1) is 0 Å². The average Bonchev–Trinajstić information content (AvgIpc) is 2.75. The van der Waals surface area contributed by atoms with Crippen LogP contribution in [0.25, 0.3) is 0 Å². The quantitative estimate of drug-likeness (QED) is 0.174. The number of esters is 1. The minimum atomic E-state index is -0.430. The number of nitrogens with zero attached hydrogens (tertiary/aromatic N) is 1. The monoisotopic (exact) mass is 410 g/mol. The van der Waals surface area contributed by atoms with Gasteiger partial charge in [-0.05, 0) is 42.9 Å². The number of carbonyl (C=O) groups excluding carboxylic acids is 2. The molecule has 0 aliphatic heterocycles. The number of carbonyl (C=O) groups is 2. The highest BCUT2D eigenvalue weighted by atomic mass is 16.5. The maximum atomic E-state index is 12.3. The number of unbranched alkanes of at least 4 members (excludes halogenated alkanes) is 1. The summed E-state index contributed by atoms with van der Waals surface area (Å²) in [7, 11) is 0. The van der Waals surface area contributed by atoms with Crippen molar-refractivity contribution in [1.29, 1.82) is 0 Å². The summed E-state index contributed by atoms with van der Waals surface area (Å²) in [4.78, 5) is 24.2. The molecule has 0 saturated carbocycles. The van der Waals surface area contributed by atoms with Gasteiger partial charge in [-0.25, -0.2) is 4.79 Å². The van der Waals surface area contributed by atoms with E-state index in [2.05, 4.69) is 27.9 Å². The summed E-state index contributed by atoms with van der Waals surface area (Å²) in [5.74, 6) is 4.81. The van der Waals surface area contributed by atoms with Gasteiger partial charge in [-0.2, -0.15) is 5.10 Å². The molecule has 2 aromatic carbocycles. The second-order valence-corrected chi connectivity index (χ2v) is 6.85. The van der Waals surface area contributed by atoms with Crippen LogP contribution in [0.15, 0.2) is 59.7 Å². The fourth-order valence-corrected chi connectivity index (χ4v) is 3.05. The van der Waals surface area contributed by atoms with E-state index in [0.29, 0.717) is 13.2 Å². The zero-order valence-electron chi connectivity index (χ0n) is 17.3. The summed E-state index contributed by atoms with van der Waals surface area (Å²) < 4.78 is 5.03. The molecule has 0 saturated heterocycles. The maximum absolute atomic E-state index is 12.3. The summed E-state index contributed by atoms with van der Waals surface area (Å²) in [5.41, 5.74) is 3.06. The zero-order valence-corrected chi connectivity index (χ0v) is 17.3. The Morgan fingerprint density at radius 3 is 2.50 bits per heavy atom. The highest BCUT2D eigenvalue weighted by molar-refractivity contribution is 5.79. The molecule has 0 heterocycles. The molecule has 0 radical (unpaired) electrons. The molecule has 7 nitrogen and oxygen atoms in total. The van der Waals surface area contributed by atoms with Crippen LogP contribution in [-0.4, -0.2) is 31.4 Å². The Morgan fingerprint density at radius 2 is 1.83 bits per heavy atom. The molecule has 30 heavy (non-hydrogen) atoms. The Kier molecular flexibility index (Phi) is 9.92. The number of hydrogen-bond donors (Lipinski definition) is 3. The lowest BCUT2D eigenvalue weighted by Gasteiger charge is -2.19. The van der Waals surface area contributed by atoms with Crippen LogP contribution in [0, 0.1) is 0 Å². The lowest BCUT2D eigenvalue weighted by molar-refractivity contribution is -0.143. The van der Waals surface area contributed by atoms with E-state index < -0.39 is 6.04 Å². The lowest BCUT2D eigenvalue weighted by atomic mass is 10.0. The van der Waals surface area contributed by atoms with E-state index in [9.17, 15) is 9.59 Å². The van der Waals surface area contributed by atoms with Gasteiger partial charge in [-0.3, -0.25) is 4.79 Å². The molecule has 7 heteroatoms. The molecule has 2 rings (SSSR count). The van der Waals surface area contributed by atoms with E-state index in [1.807, 2.05) is 42.5 Å². The van der Waals surface area contributed by atoms with Crippen molar-refractivity contribution in [3.05, 3.63) is 71.3 Å². The Hall–Kier alpha value is -3.35. The van der Waals surface area contributed by atoms with Crippen molar-refractivity contribution in [2.24, 2.45) is 10.9 Å². The molecule has 1 unspecified atom stereocenters. The third-order valence-corrected chi connectivity index (χ3v) is 4.56. The minimum Gasteiger partial charge on any atom is -0.466 e. The predicted molar refractivity (Wildman–Crippen MR) is 118 cm³/mol. The van der Waals surface area contributed by atoms with Gasteiger partial charge in [0.15, 0.2) is 0 Å². The van der Waals surface area contributed by atoms with Crippen LogP contribution in [0.3, 0.4) is 0 Å². The van der Waals surface area contributed by atoms with Crippen LogP contribution in [0.1, 0.15) is 48.9 Å². The number of nitrogens with one attached hydrogen (secondary N) is 2. The molecule has 0 fully saturated rings. The molecule has 0 aromatic heterocycles. The van der Waals surface area contributed by atoms with Gasteiger partial charge in [-0.1, -0.05) is 54.6 Å². The molecule has 4 N–H and O–H groups in total. The van der Waals surface area contributed by atoms with Gasteiger partial charge < -0.3 is 21.2 Å². The van der Waals surface area contributed by atoms with Gasteiger partial charge in [0.05, 0.1) is 25.3 Å². The molecule has 1 atom stereocenters. The number of nitrogens with two attached hydrogens (primary N) is 1. The molecule has 2 amide bonds. The summed E-state index contributed by atoms with van der Waals surface area (Å²) >= 11 is 0. The number of rotatable bonds is 11. The number of amides is 2. The first kappa shape index (κ1) is 22.9. The van der Waals surface area contributed by atoms with Gasteiger partial charge in [0.2, 0.25) is 0 Å². The molecule has 2 aromatic rings. The van der Waals surface area contributed by atoms with Gasteiger partial charge >= 0.3 is 12.0 Å². The minimum absolute atomic E-state index is 0.0934. The second-order valence-electron chi connectivity index (χ2n) is 6.85. The second kappa shape index (κ2) is 13.0. The largest absolute Gasteiger partial charge is 0.466 e. The summed E-state index contributed by atoms with van der Waals surface area (Å²) in [5, 5.41) is 9.25. The summed E-state index contributed by atoms with van der Waals surface area (Å²) in [6.07, 6.45) is 4.44. The molecular formula is C23H30N4O3. The van der Waals surface area contributed by atoms with Gasteiger partial charge in [0.1, 0.15) is 0 Å². The standard InChI is InChI=1S/C23H30N4O3/c1-2-30-22(28)16-21(20-9-4-3-5-10-20)27-23(29)25-15-7-6-8-18-11-13-19(14-12-18)17-26-24/h3-5,9-14,17,21H,2,6-8,15-16,24H2,1H3,(H2,25,27,29). The van der Waals surface area contributed by atoms with E-state index in [-0.39, 0.29) is 18.4 Å². The van der Waals surface area contributed by atoms with Crippen molar-refractivity contribution in [2.45, 2.75) is 38.6 Å². The topological polar surface area (TPSA) is 106 Å². The van der Waals surface area contributed by atoms with Crippen LogP contribution in [0.5, 0.6) is 0 Å². The van der Waals surface area contributed by atoms with Gasteiger partial charge in [0, 0.05) is 6.54 Å². The molecule has 0 bridgehead atoms. The number of ether oxygens (including phenoxy) is 1. The third kappa shape index (κ3) is 8.34. The smallest absolute Gasteiger partial charge is 0.315 e. The number of urea groups is 1. The van der Waals surface area contributed by atoms with Crippen LogP contribution >= 0.6 is 0 Å². The number of aryl methyl sites for hydroxylation is 1. The van der Waals surface area contributed by atoms with Crippen molar-refractivity contribution in [1.82, 2.24) is 10.6 Å². The van der Waals surface area contributed by atoms with Crippen LogP contribution in [0.4, 0.5) is 4.79 Å². The zero-order chi connectivity index (χ0) is 21.6. The highest BCUT2D eigenvalue weighted by Crippen LogP contribution is 2.17. The van der Waals surface area contributed by atoms with Crippen LogP contribution in [0.2, 0.25) is 0 Å². The Balaban J connectivity index is 1.74. The van der Waals surface area contributed by atoms with E-state index in [1.54, 1.807) is 13.1 Å². The average molecular weight is 411 g/mol. The van der Waals surface area contributed by atoms with E-state index >= 15 is 0 Å². The van der Waals surface area contributed by atoms with Crippen molar-refractivity contribution in [3.63, 3.8) is 0 Å². The number of benzene rings is 2. The van der Waals surface area contributed by atoms with Crippen LogP contribution < -0.4 is 16.5 Å². The molecule has 0 aliphatic rings. The van der Waals surface area contributed by atoms with Crippen molar-refractivity contribution in [2.75, 3.05) is 13.2 Å². The van der Waals surface area contributed by atoms with E-state index in [4.69, 9.17) is 10.6 Å². The predicted octanol–water partition coefficient (Wildman–Crippen LogP) is 3.30. The third-order valence-electron chi connectivity index (χ3n) is 4.56. The fraction of sp³-hybridized carbons (Fsp3) is 0.348. The summed E-state index contributed by atoms with van der Waals surface area (Å²) in [6, 6.07) is 16.8. The molecule has 160 valence electrons. The van der Waals surface area contributed by atoms with Crippen molar-refractivity contribution >= 4 is 18.2 Å². The lowest BCUT2D eigenvalue weighted by Crippen LogP contribution is -2.39. The number of hydrogen-bond acceptors (Lipinski definition) is 5. The Bertz CT molecular complexity index is 807. The number of hydrazone groups is 1. The van der Waals surface area contributed by atoms with Crippen LogP contribution in [-0.2, 0) is 16.0 Å². The maximum Gasteiger partial charge on any atom is 0.315 e. The van der Waals surface area contributed by atoms with Crippen molar-refractivity contribution < 1.29 is 14.3 Å². The first-order chi connectivity index (χ1) is 14.6. The molecule has 0 aliphatic carbocycles. The SMILES string of the molecule is CCOC(=O)CC(NC(=O)NCCCCc1ccc(C=NN)cc1)c1ccccc1. The van der Waals surface area contributed by atoms with E-state index in [0.717, 1.165) is 30.4 Å². The van der Waals surface area contributed by atoms with E-state index in [1.165, 1.54) is 5.56 Å². The summed E-state index contributed by atoms with van der Waals surface area (Å²) in [6.45, 7) is 2.64. The Labute approximate surface area is 177 Å². The Morgan fingerprint density at radius 1 is 1.10 bits per heavy atom. The van der Waals surface area contributed by atoms with Crippen molar-refractivity contribution in [3.8, 4) is 0 Å². The molecule has 0 spiro atoms. The van der Waals surface area contributed by atoms with Gasteiger partial charge in [0.25, 0.3) is 0 Å². The molecular weight excluding hydrogens is 380 g/mol. The normalized spacial score (nSPS) is 11.8. The first-order valence-electron chi connectivity index (χ1n) is 10.2. The first-order valence-corrected chi connectivity index (χ1v) is 10.2.